The molecule has 1 aliphatic heterocycles. The number of rotatable bonds is 4. The van der Waals surface area contributed by atoms with E-state index in [1.807, 2.05) is 4.68 Å². The fraction of sp³-hybridized carbons (Fsp3) is 0.565. The minimum absolute atomic E-state index is 0.150. The van der Waals surface area contributed by atoms with Crippen molar-refractivity contribution >= 4 is 11.7 Å². The van der Waals surface area contributed by atoms with E-state index in [1.54, 1.807) is 6.20 Å². The quantitative estimate of drug-likeness (QED) is 0.684. The van der Waals surface area contributed by atoms with Crippen molar-refractivity contribution in [3.8, 4) is 0 Å². The van der Waals surface area contributed by atoms with Gasteiger partial charge in [-0.05, 0) is 56.7 Å². The number of alkyl halides is 3. The summed E-state index contributed by atoms with van der Waals surface area (Å²) in [5.74, 6) is 1.05. The molecule has 1 aromatic carbocycles. The smallest absolute Gasteiger partial charge is 0.366 e. The molecule has 31 heavy (non-hydrogen) atoms. The van der Waals surface area contributed by atoms with Crippen LogP contribution in [0.4, 0.5) is 19.0 Å². The van der Waals surface area contributed by atoms with Gasteiger partial charge in [0.15, 0.2) is 0 Å². The van der Waals surface area contributed by atoms with Gasteiger partial charge >= 0.3 is 6.18 Å². The van der Waals surface area contributed by atoms with Crippen LogP contribution in [0.1, 0.15) is 73.9 Å². The summed E-state index contributed by atoms with van der Waals surface area (Å²) >= 11 is 0. The van der Waals surface area contributed by atoms with Crippen LogP contribution in [0, 0.1) is 5.92 Å². The molecule has 1 aliphatic carbocycles. The minimum Gasteiger partial charge on any atom is -0.366 e. The van der Waals surface area contributed by atoms with Crippen LogP contribution < -0.4 is 10.6 Å². The van der Waals surface area contributed by atoms with Crippen LogP contribution in [0.15, 0.2) is 30.5 Å². The predicted octanol–water partition coefficient (Wildman–Crippen LogP) is 5.33. The molecule has 2 N–H and O–H groups in total. The van der Waals surface area contributed by atoms with Gasteiger partial charge in [-0.2, -0.15) is 18.3 Å². The number of hydrogen-bond acceptors (Lipinski definition) is 3. The number of nitrogens with one attached hydrogen (secondary N) is 2. The second kappa shape index (κ2) is 8.20. The van der Waals surface area contributed by atoms with Gasteiger partial charge in [0.2, 0.25) is 0 Å². The van der Waals surface area contributed by atoms with E-state index in [2.05, 4.69) is 29.6 Å². The molecule has 5 nitrogen and oxygen atoms in total. The highest BCUT2D eigenvalue weighted by atomic mass is 19.4. The molecular formula is C23H29F3N4O. The van der Waals surface area contributed by atoms with Crippen LogP contribution in [0.25, 0.3) is 0 Å². The van der Waals surface area contributed by atoms with Gasteiger partial charge in [-0.1, -0.05) is 31.4 Å². The van der Waals surface area contributed by atoms with E-state index < -0.39 is 11.7 Å². The molecule has 2 aliphatic rings. The summed E-state index contributed by atoms with van der Waals surface area (Å²) < 4.78 is 40.1. The van der Waals surface area contributed by atoms with Crippen LogP contribution in [0.2, 0.25) is 0 Å². The van der Waals surface area contributed by atoms with E-state index in [-0.39, 0.29) is 18.0 Å². The van der Waals surface area contributed by atoms with Crippen molar-refractivity contribution in [3.63, 3.8) is 0 Å². The van der Waals surface area contributed by atoms with Crippen molar-refractivity contribution in [1.82, 2.24) is 15.1 Å². The van der Waals surface area contributed by atoms with Gasteiger partial charge in [-0.25, -0.2) is 4.68 Å². The summed E-state index contributed by atoms with van der Waals surface area (Å²) in [7, 11) is 0. The Morgan fingerprint density at radius 3 is 2.52 bits per heavy atom. The Morgan fingerprint density at radius 1 is 1.19 bits per heavy atom. The van der Waals surface area contributed by atoms with E-state index in [0.717, 1.165) is 24.4 Å². The van der Waals surface area contributed by atoms with E-state index in [0.29, 0.717) is 23.1 Å². The third-order valence-electron chi connectivity index (χ3n) is 6.58. The molecule has 2 heterocycles. The lowest BCUT2D eigenvalue weighted by Gasteiger charge is -2.42. The van der Waals surface area contributed by atoms with Gasteiger partial charge < -0.3 is 10.6 Å². The Hall–Kier alpha value is -2.51. The molecule has 0 spiro atoms. The molecule has 1 amide bonds. The molecule has 1 saturated carbocycles. The maximum absolute atomic E-state index is 12.9. The molecular weight excluding hydrogens is 405 g/mol. The third-order valence-corrected chi connectivity index (χ3v) is 6.58. The molecule has 4 rings (SSSR count). The molecule has 2 aromatic rings. The Labute approximate surface area is 180 Å². The molecule has 1 fully saturated rings. The van der Waals surface area contributed by atoms with Gasteiger partial charge in [-0.3, -0.25) is 4.79 Å². The fourth-order valence-electron chi connectivity index (χ4n) is 4.87. The van der Waals surface area contributed by atoms with Crippen LogP contribution >= 0.6 is 0 Å². The molecule has 1 aromatic heterocycles. The first-order valence-electron chi connectivity index (χ1n) is 10.9. The lowest BCUT2D eigenvalue weighted by Crippen LogP contribution is -2.45. The Balaban J connectivity index is 1.47. The Bertz CT molecular complexity index is 927. The van der Waals surface area contributed by atoms with Crippen molar-refractivity contribution in [2.75, 3.05) is 5.32 Å². The van der Waals surface area contributed by atoms with Crippen LogP contribution in [0.3, 0.4) is 0 Å². The van der Waals surface area contributed by atoms with Gasteiger partial charge in [0, 0.05) is 12.6 Å². The van der Waals surface area contributed by atoms with Crippen molar-refractivity contribution in [3.05, 3.63) is 47.2 Å². The maximum atomic E-state index is 12.9. The number of benzene rings is 1. The number of fused-ring (bicyclic) bond motifs is 1. The summed E-state index contributed by atoms with van der Waals surface area (Å²) in [6.07, 6.45) is 4.38. The maximum Gasteiger partial charge on any atom is 0.416 e. The largest absolute Gasteiger partial charge is 0.416 e. The van der Waals surface area contributed by atoms with Crippen molar-refractivity contribution in [1.29, 1.82) is 0 Å². The number of hydrogen-bond donors (Lipinski definition) is 2. The number of aromatic nitrogens is 2. The second-order valence-electron chi connectivity index (χ2n) is 9.36. The molecule has 8 heteroatoms. The first-order chi connectivity index (χ1) is 14.6. The standard InChI is InChI=1S/C23H29F3N4O/c1-22(2)12-19(16-6-4-3-5-7-16)29-20-18(14-28-30(20)22)21(31)27-13-15-8-10-17(11-9-15)23(24,25)26/h8-11,14,16,19,29H,3-7,12-13H2,1-2H3,(H,27,31). The monoisotopic (exact) mass is 434 g/mol. The molecule has 1 atom stereocenters. The zero-order valence-corrected chi connectivity index (χ0v) is 17.9. The zero-order chi connectivity index (χ0) is 22.2. The average molecular weight is 435 g/mol. The summed E-state index contributed by atoms with van der Waals surface area (Å²) in [5, 5.41) is 10.9. The Kier molecular flexibility index (Phi) is 5.75. The van der Waals surface area contributed by atoms with E-state index >= 15 is 0 Å². The molecule has 1 unspecified atom stereocenters. The fourth-order valence-corrected chi connectivity index (χ4v) is 4.87. The molecule has 0 radical (unpaired) electrons. The van der Waals surface area contributed by atoms with E-state index in [9.17, 15) is 18.0 Å². The topological polar surface area (TPSA) is 59.0 Å². The molecule has 0 bridgehead atoms. The summed E-state index contributed by atoms with van der Waals surface area (Å²) in [6.45, 7) is 4.44. The summed E-state index contributed by atoms with van der Waals surface area (Å²) in [5.41, 5.74) is 0.180. The number of nitrogens with zero attached hydrogens (tertiary/aromatic N) is 2. The molecule has 168 valence electrons. The van der Waals surface area contributed by atoms with Crippen LogP contribution in [0.5, 0.6) is 0 Å². The third kappa shape index (κ3) is 4.57. The summed E-state index contributed by atoms with van der Waals surface area (Å²) in [4.78, 5) is 12.9. The SMILES string of the molecule is CC1(C)CC(C2CCCCC2)Nc2c(C(=O)NCc3ccc(C(F)(F)F)cc3)cnn21. The first-order valence-corrected chi connectivity index (χ1v) is 10.9. The number of carbonyl (C=O) groups is 1. The Morgan fingerprint density at radius 2 is 1.87 bits per heavy atom. The van der Waals surface area contributed by atoms with Crippen LogP contribution in [-0.4, -0.2) is 21.7 Å². The highest BCUT2D eigenvalue weighted by Crippen LogP contribution is 2.39. The normalized spacial score (nSPS) is 21.3. The van der Waals surface area contributed by atoms with Crippen molar-refractivity contribution in [2.24, 2.45) is 5.92 Å². The number of carbonyl (C=O) groups excluding carboxylic acids is 1. The minimum atomic E-state index is -4.37. The van der Waals surface area contributed by atoms with Crippen molar-refractivity contribution in [2.45, 2.75) is 76.7 Å². The number of amides is 1. The zero-order valence-electron chi connectivity index (χ0n) is 17.9. The summed E-state index contributed by atoms with van der Waals surface area (Å²) in [6, 6.07) is 5.14. The number of anilines is 1. The highest BCUT2D eigenvalue weighted by Gasteiger charge is 2.39. The first kappa shape index (κ1) is 21.7. The van der Waals surface area contributed by atoms with Crippen LogP contribution in [-0.2, 0) is 18.3 Å². The molecule has 0 saturated heterocycles. The predicted molar refractivity (Wildman–Crippen MR) is 113 cm³/mol. The van der Waals surface area contributed by atoms with Gasteiger partial charge in [-0.15, -0.1) is 0 Å². The van der Waals surface area contributed by atoms with E-state index in [4.69, 9.17) is 0 Å². The average Bonchev–Trinajstić information content (AvgIpc) is 3.17. The van der Waals surface area contributed by atoms with Gasteiger partial charge in [0.25, 0.3) is 5.91 Å². The van der Waals surface area contributed by atoms with Gasteiger partial charge in [0.1, 0.15) is 11.4 Å². The lowest BCUT2D eigenvalue weighted by atomic mass is 9.78. The second-order valence-corrected chi connectivity index (χ2v) is 9.36. The number of halogens is 3. The highest BCUT2D eigenvalue weighted by molar-refractivity contribution is 5.98. The lowest BCUT2D eigenvalue weighted by molar-refractivity contribution is -0.137. The van der Waals surface area contributed by atoms with Gasteiger partial charge in [0.05, 0.1) is 17.3 Å². The van der Waals surface area contributed by atoms with Crippen molar-refractivity contribution < 1.29 is 18.0 Å². The van der Waals surface area contributed by atoms with E-state index in [1.165, 1.54) is 44.2 Å².